The molecule has 3 heteroatoms. The summed E-state index contributed by atoms with van der Waals surface area (Å²) in [5.41, 5.74) is 0. The van der Waals surface area contributed by atoms with Crippen LogP contribution in [-0.4, -0.2) is 0 Å². The Morgan fingerprint density at radius 1 is 0.213 bits per heavy atom. The van der Waals surface area contributed by atoms with Crippen LogP contribution < -0.4 is 31.8 Å². The third-order valence-corrected chi connectivity index (χ3v) is 12.9. The summed E-state index contributed by atoms with van der Waals surface area (Å²) >= 11 is 0. The van der Waals surface area contributed by atoms with E-state index < -0.39 is 15.8 Å². The standard InChI is InChI=1S/2C22H17P.Ru/c2*1-3-11-20(12-4-1)23(21-13-5-2-6-14-21)22-16-15-18-9-7-8-10-19(18)17-22;/h2*1-17H;. The summed E-state index contributed by atoms with van der Waals surface area (Å²) in [7, 11) is -1.04. The molecular formula is C44H34P2Ru. The molecule has 0 fully saturated rings. The molecule has 0 saturated carbocycles. The monoisotopic (exact) mass is 726 g/mol. The fourth-order valence-electron chi connectivity index (χ4n) is 5.83. The van der Waals surface area contributed by atoms with Crippen molar-refractivity contribution in [1.82, 2.24) is 0 Å². The van der Waals surface area contributed by atoms with Crippen molar-refractivity contribution in [3.05, 3.63) is 206 Å². The van der Waals surface area contributed by atoms with Gasteiger partial charge in [-0.05, 0) is 81.3 Å². The van der Waals surface area contributed by atoms with Gasteiger partial charge >= 0.3 is 0 Å². The van der Waals surface area contributed by atoms with Gasteiger partial charge in [-0.3, -0.25) is 0 Å². The summed E-state index contributed by atoms with van der Waals surface area (Å²) in [4.78, 5) is 0. The number of fused-ring (bicyclic) bond motifs is 2. The van der Waals surface area contributed by atoms with Gasteiger partial charge in [0.15, 0.2) is 0 Å². The van der Waals surface area contributed by atoms with Gasteiger partial charge in [0.2, 0.25) is 0 Å². The first-order valence-electron chi connectivity index (χ1n) is 15.6. The van der Waals surface area contributed by atoms with E-state index in [0.717, 1.165) is 0 Å². The van der Waals surface area contributed by atoms with E-state index in [1.807, 2.05) is 0 Å². The molecule has 228 valence electrons. The first kappa shape index (κ1) is 32.7. The predicted octanol–water partition coefficient (Wildman–Crippen LogP) is 9.19. The average molecular weight is 726 g/mol. The van der Waals surface area contributed by atoms with Gasteiger partial charge in [-0.25, -0.2) is 0 Å². The Morgan fingerprint density at radius 3 is 0.766 bits per heavy atom. The van der Waals surface area contributed by atoms with Gasteiger partial charge in [0.05, 0.1) is 0 Å². The van der Waals surface area contributed by atoms with Crippen molar-refractivity contribution in [3.8, 4) is 0 Å². The molecule has 0 atom stereocenters. The van der Waals surface area contributed by atoms with Crippen molar-refractivity contribution in [2.45, 2.75) is 0 Å². The van der Waals surface area contributed by atoms with Gasteiger partial charge in [0.1, 0.15) is 0 Å². The summed E-state index contributed by atoms with van der Waals surface area (Å²) in [6, 6.07) is 74.3. The third kappa shape index (κ3) is 7.84. The summed E-state index contributed by atoms with van der Waals surface area (Å²) in [6.45, 7) is 0. The molecule has 0 aliphatic heterocycles. The van der Waals surface area contributed by atoms with E-state index in [0.29, 0.717) is 0 Å². The Bertz CT molecular complexity index is 1910. The Hall–Kier alpha value is -4.24. The Balaban J connectivity index is 0.000000161. The van der Waals surface area contributed by atoms with Crippen LogP contribution in [0, 0.1) is 0 Å². The summed E-state index contributed by atoms with van der Waals surface area (Å²) < 4.78 is 0. The Labute approximate surface area is 293 Å². The van der Waals surface area contributed by atoms with Gasteiger partial charge in [0.25, 0.3) is 0 Å². The van der Waals surface area contributed by atoms with E-state index in [1.54, 1.807) is 0 Å². The topological polar surface area (TPSA) is 0 Å². The van der Waals surface area contributed by atoms with Crippen molar-refractivity contribution in [2.24, 2.45) is 0 Å². The van der Waals surface area contributed by atoms with E-state index in [2.05, 4.69) is 206 Å². The van der Waals surface area contributed by atoms with Crippen LogP contribution in [0.4, 0.5) is 0 Å². The van der Waals surface area contributed by atoms with Gasteiger partial charge in [0, 0.05) is 19.5 Å². The molecule has 0 amide bonds. The second-order valence-electron chi connectivity index (χ2n) is 11.1. The maximum absolute atomic E-state index is 2.35. The van der Waals surface area contributed by atoms with Gasteiger partial charge in [-0.15, -0.1) is 0 Å². The van der Waals surface area contributed by atoms with Crippen molar-refractivity contribution < 1.29 is 19.5 Å². The molecule has 0 saturated heterocycles. The molecule has 8 aromatic rings. The number of benzene rings is 8. The minimum atomic E-state index is -0.519. The van der Waals surface area contributed by atoms with Gasteiger partial charge in [-0.2, -0.15) is 0 Å². The van der Waals surface area contributed by atoms with E-state index in [1.165, 1.54) is 53.4 Å². The van der Waals surface area contributed by atoms with Crippen LogP contribution in [0.1, 0.15) is 0 Å². The normalized spacial score (nSPS) is 10.8. The quantitative estimate of drug-likeness (QED) is 0.119. The zero-order chi connectivity index (χ0) is 31.0. The van der Waals surface area contributed by atoms with Crippen molar-refractivity contribution in [3.63, 3.8) is 0 Å². The summed E-state index contributed by atoms with van der Waals surface area (Å²) in [6.07, 6.45) is 0. The molecule has 0 nitrogen and oxygen atoms in total. The molecule has 47 heavy (non-hydrogen) atoms. The van der Waals surface area contributed by atoms with Crippen LogP contribution in [0.25, 0.3) is 21.5 Å². The zero-order valence-corrected chi connectivity index (χ0v) is 29.4. The second kappa shape index (κ2) is 16.0. The molecule has 0 aliphatic carbocycles. The first-order valence-corrected chi connectivity index (χ1v) is 18.3. The third-order valence-electron chi connectivity index (χ3n) is 8.04. The fourth-order valence-corrected chi connectivity index (χ4v) is 10.5. The minimum Gasteiger partial charge on any atom is -0.0622 e. The molecule has 0 heterocycles. The molecule has 0 spiro atoms. The van der Waals surface area contributed by atoms with E-state index in [-0.39, 0.29) is 19.5 Å². The average Bonchev–Trinajstić information content (AvgIpc) is 3.14. The van der Waals surface area contributed by atoms with Crippen molar-refractivity contribution in [2.75, 3.05) is 0 Å². The molecule has 0 N–H and O–H groups in total. The molecule has 8 aromatic carbocycles. The zero-order valence-electron chi connectivity index (χ0n) is 25.9. The smallest absolute Gasteiger partial charge is 0 e. The van der Waals surface area contributed by atoms with Crippen LogP contribution in [0.5, 0.6) is 0 Å². The molecular weight excluding hydrogens is 692 g/mol. The molecule has 0 aromatic heterocycles. The number of hydrogen-bond donors (Lipinski definition) is 0. The first-order chi connectivity index (χ1) is 22.8. The molecule has 0 unspecified atom stereocenters. The maximum atomic E-state index is 2.35. The van der Waals surface area contributed by atoms with Gasteiger partial charge in [-0.1, -0.05) is 194 Å². The SMILES string of the molecule is [Ru].c1ccc(P(c2ccccc2)c2ccc3ccccc3c2)cc1.c1ccc(P(c2ccccc2)c2ccc3ccccc3c2)cc1. The number of hydrogen-bond acceptors (Lipinski definition) is 0. The fraction of sp³-hybridized carbons (Fsp3) is 0. The van der Waals surface area contributed by atoms with Crippen LogP contribution in [-0.2, 0) is 19.5 Å². The van der Waals surface area contributed by atoms with Gasteiger partial charge < -0.3 is 0 Å². The predicted molar refractivity (Wildman–Crippen MR) is 205 cm³/mol. The van der Waals surface area contributed by atoms with Crippen LogP contribution in [0.3, 0.4) is 0 Å². The Kier molecular flexibility index (Phi) is 11.2. The van der Waals surface area contributed by atoms with Crippen molar-refractivity contribution >= 4 is 69.2 Å². The molecule has 0 aliphatic rings. The van der Waals surface area contributed by atoms with E-state index >= 15 is 0 Å². The van der Waals surface area contributed by atoms with Crippen molar-refractivity contribution in [1.29, 1.82) is 0 Å². The number of rotatable bonds is 6. The van der Waals surface area contributed by atoms with Crippen LogP contribution in [0.2, 0.25) is 0 Å². The minimum absolute atomic E-state index is 0. The summed E-state index contributed by atoms with van der Waals surface area (Å²) in [5.74, 6) is 0. The largest absolute Gasteiger partial charge is 0.0622 e. The second-order valence-corrected chi connectivity index (χ2v) is 15.5. The van der Waals surface area contributed by atoms with E-state index in [9.17, 15) is 0 Å². The molecule has 0 radical (unpaired) electrons. The van der Waals surface area contributed by atoms with E-state index in [4.69, 9.17) is 0 Å². The van der Waals surface area contributed by atoms with Crippen LogP contribution >= 0.6 is 15.8 Å². The molecule has 0 bridgehead atoms. The van der Waals surface area contributed by atoms with Crippen LogP contribution in [0.15, 0.2) is 206 Å². The summed E-state index contributed by atoms with van der Waals surface area (Å²) in [5, 5.41) is 13.6. The maximum Gasteiger partial charge on any atom is 0 e. The molecule has 8 rings (SSSR count). The Morgan fingerprint density at radius 2 is 0.468 bits per heavy atom.